The van der Waals surface area contributed by atoms with Gasteiger partial charge in [0, 0.05) is 16.5 Å². The van der Waals surface area contributed by atoms with Crippen molar-refractivity contribution in [2.45, 2.75) is 23.6 Å². The molecule has 36 heavy (non-hydrogen) atoms. The number of nitrogens with one attached hydrogen (secondary N) is 2. The third-order valence-corrected chi connectivity index (χ3v) is 8.31. The van der Waals surface area contributed by atoms with E-state index in [1.165, 1.54) is 24.3 Å². The monoisotopic (exact) mass is 518 g/mol. The Morgan fingerprint density at radius 2 is 0.944 bits per heavy atom. The summed E-state index contributed by atoms with van der Waals surface area (Å²) in [5.41, 5.74) is 3.56. The van der Waals surface area contributed by atoms with Gasteiger partial charge in [-0.1, -0.05) is 71.8 Å². The van der Waals surface area contributed by atoms with Gasteiger partial charge in [-0.05, 0) is 43.5 Å². The summed E-state index contributed by atoms with van der Waals surface area (Å²) in [6, 6.07) is 23.8. The summed E-state index contributed by atoms with van der Waals surface area (Å²) in [4.78, 5) is 4.68. The predicted octanol–water partition coefficient (Wildman–Crippen LogP) is 3.84. The summed E-state index contributed by atoms with van der Waals surface area (Å²) in [6.07, 6.45) is 0. The average molecular weight is 519 g/mol. The number of hydrazone groups is 2. The highest BCUT2D eigenvalue weighted by atomic mass is 32.2. The first-order valence-electron chi connectivity index (χ1n) is 11.0. The highest BCUT2D eigenvalue weighted by molar-refractivity contribution is 7.89. The molecule has 0 saturated heterocycles. The molecular formula is C26H22N4O4S2. The van der Waals surface area contributed by atoms with Crippen molar-refractivity contribution in [3.8, 4) is 0 Å². The third kappa shape index (κ3) is 4.36. The number of benzene rings is 4. The quantitative estimate of drug-likeness (QED) is 0.377. The van der Waals surface area contributed by atoms with E-state index in [9.17, 15) is 16.8 Å². The standard InChI is InChI=1S/C26H22N4O4S2/c1-17-9-13-20(14-10-17)35(31,32)29-27-25-22-7-3-5-19-6-4-8-23(24(19)22)26(25)28-30-36(33,34)21-15-11-18(2)12-16-21/h3-16,29-30H,1-2H3/b27-25-,28-26-. The highest BCUT2D eigenvalue weighted by Gasteiger charge is 2.29. The molecule has 0 fully saturated rings. The molecule has 4 aromatic rings. The van der Waals surface area contributed by atoms with E-state index in [2.05, 4.69) is 19.9 Å². The molecule has 1 aliphatic carbocycles. The molecule has 0 atom stereocenters. The van der Waals surface area contributed by atoms with E-state index in [0.717, 1.165) is 21.9 Å². The van der Waals surface area contributed by atoms with E-state index in [1.807, 2.05) is 38.1 Å². The molecule has 10 heteroatoms. The molecule has 4 aromatic carbocycles. The Morgan fingerprint density at radius 1 is 0.556 bits per heavy atom. The first-order chi connectivity index (χ1) is 17.2. The lowest BCUT2D eigenvalue weighted by Crippen LogP contribution is -2.26. The SMILES string of the molecule is Cc1ccc(S(=O)(=O)N/N=C2\C(=N/NS(=O)(=O)c3ccc(C)cc3)c3cccc4cccc2c34)cc1. The minimum atomic E-state index is -3.97. The summed E-state index contributed by atoms with van der Waals surface area (Å²) >= 11 is 0. The molecule has 0 bridgehead atoms. The van der Waals surface area contributed by atoms with Crippen LogP contribution >= 0.6 is 0 Å². The highest BCUT2D eigenvalue weighted by Crippen LogP contribution is 2.31. The molecular weight excluding hydrogens is 496 g/mol. The minimum absolute atomic E-state index is 0.0599. The van der Waals surface area contributed by atoms with Gasteiger partial charge in [0.25, 0.3) is 20.0 Å². The molecule has 5 rings (SSSR count). The fourth-order valence-electron chi connectivity index (χ4n) is 3.97. The Kier molecular flexibility index (Phi) is 5.85. The lowest BCUT2D eigenvalue weighted by molar-refractivity contribution is 0.582. The molecule has 182 valence electrons. The first kappa shape index (κ1) is 23.7. The summed E-state index contributed by atoms with van der Waals surface area (Å²) in [5.74, 6) is 0. The van der Waals surface area contributed by atoms with Crippen LogP contribution in [0.15, 0.2) is 105 Å². The second-order valence-electron chi connectivity index (χ2n) is 8.45. The van der Waals surface area contributed by atoms with Crippen molar-refractivity contribution in [3.05, 3.63) is 107 Å². The van der Waals surface area contributed by atoms with Gasteiger partial charge in [-0.15, -0.1) is 0 Å². The minimum Gasteiger partial charge on any atom is -0.200 e. The second-order valence-corrected chi connectivity index (χ2v) is 11.8. The molecule has 0 radical (unpaired) electrons. The van der Waals surface area contributed by atoms with E-state index < -0.39 is 20.0 Å². The molecule has 0 aromatic heterocycles. The van der Waals surface area contributed by atoms with Crippen LogP contribution in [0.4, 0.5) is 0 Å². The normalized spacial score (nSPS) is 15.5. The van der Waals surface area contributed by atoms with Gasteiger partial charge >= 0.3 is 0 Å². The molecule has 0 unspecified atom stereocenters. The van der Waals surface area contributed by atoms with Crippen LogP contribution in [0.1, 0.15) is 22.3 Å². The van der Waals surface area contributed by atoms with Gasteiger partial charge in [-0.25, -0.2) is 0 Å². The number of hydrogen-bond acceptors (Lipinski definition) is 6. The van der Waals surface area contributed by atoms with Crippen molar-refractivity contribution < 1.29 is 16.8 Å². The van der Waals surface area contributed by atoms with Crippen molar-refractivity contribution >= 4 is 42.2 Å². The van der Waals surface area contributed by atoms with E-state index >= 15 is 0 Å². The van der Waals surface area contributed by atoms with Crippen molar-refractivity contribution in [3.63, 3.8) is 0 Å². The van der Waals surface area contributed by atoms with Crippen molar-refractivity contribution in [2.24, 2.45) is 10.2 Å². The lowest BCUT2D eigenvalue weighted by atomic mass is 10.1. The van der Waals surface area contributed by atoms with Gasteiger partial charge in [-0.3, -0.25) is 0 Å². The fourth-order valence-corrected chi connectivity index (χ4v) is 5.59. The number of sulfonamides is 2. The largest absolute Gasteiger partial charge is 0.276 e. The molecule has 0 amide bonds. The van der Waals surface area contributed by atoms with E-state index in [0.29, 0.717) is 11.1 Å². The number of aryl methyl sites for hydroxylation is 2. The predicted molar refractivity (Wildman–Crippen MR) is 140 cm³/mol. The molecule has 8 nitrogen and oxygen atoms in total. The third-order valence-electron chi connectivity index (χ3n) is 5.86. The van der Waals surface area contributed by atoms with Gasteiger partial charge in [0.1, 0.15) is 11.4 Å². The first-order valence-corrected chi connectivity index (χ1v) is 14.0. The number of nitrogens with zero attached hydrogens (tertiary/aromatic N) is 2. The van der Waals surface area contributed by atoms with Gasteiger partial charge in [0.2, 0.25) is 0 Å². The summed E-state index contributed by atoms with van der Waals surface area (Å²) in [7, 11) is -7.93. The second kappa shape index (κ2) is 8.89. The maximum atomic E-state index is 12.9. The number of hydrogen-bond donors (Lipinski definition) is 2. The zero-order valence-electron chi connectivity index (χ0n) is 19.4. The van der Waals surface area contributed by atoms with Crippen LogP contribution in [-0.4, -0.2) is 28.3 Å². The molecule has 1 aliphatic rings. The van der Waals surface area contributed by atoms with Crippen LogP contribution < -0.4 is 9.66 Å². The number of rotatable bonds is 6. The average Bonchev–Trinajstić information content (AvgIpc) is 3.16. The van der Waals surface area contributed by atoms with E-state index in [1.54, 1.807) is 36.4 Å². The lowest BCUT2D eigenvalue weighted by Gasteiger charge is -2.08. The summed E-state index contributed by atoms with van der Waals surface area (Å²) in [6.45, 7) is 3.72. The Hall–Kier alpha value is -4.02. The summed E-state index contributed by atoms with van der Waals surface area (Å²) < 4.78 is 51.5. The molecule has 0 spiro atoms. The van der Waals surface area contributed by atoms with Crippen molar-refractivity contribution in [1.29, 1.82) is 0 Å². The maximum absolute atomic E-state index is 12.9. The Balaban J connectivity index is 1.58. The van der Waals surface area contributed by atoms with Crippen LogP contribution in [-0.2, 0) is 20.0 Å². The zero-order valence-corrected chi connectivity index (χ0v) is 21.1. The Morgan fingerprint density at radius 3 is 1.33 bits per heavy atom. The van der Waals surface area contributed by atoms with Gasteiger partial charge in [0.15, 0.2) is 0 Å². The summed E-state index contributed by atoms with van der Waals surface area (Å²) in [5, 5.41) is 10.1. The Bertz CT molecular complexity index is 1630. The Labute approximate surface area is 209 Å². The van der Waals surface area contributed by atoms with Gasteiger partial charge in [-0.2, -0.15) is 36.7 Å². The molecule has 0 aliphatic heterocycles. The van der Waals surface area contributed by atoms with Crippen LogP contribution in [0, 0.1) is 13.8 Å². The van der Waals surface area contributed by atoms with Crippen molar-refractivity contribution in [2.75, 3.05) is 0 Å². The fraction of sp³-hybridized carbons (Fsp3) is 0.0769. The topological polar surface area (TPSA) is 117 Å². The van der Waals surface area contributed by atoms with E-state index in [4.69, 9.17) is 0 Å². The van der Waals surface area contributed by atoms with E-state index in [-0.39, 0.29) is 21.2 Å². The van der Waals surface area contributed by atoms with Crippen LogP contribution in [0.25, 0.3) is 10.8 Å². The maximum Gasteiger partial charge on any atom is 0.276 e. The smallest absolute Gasteiger partial charge is 0.200 e. The zero-order chi connectivity index (χ0) is 25.5. The van der Waals surface area contributed by atoms with Crippen LogP contribution in [0.2, 0.25) is 0 Å². The van der Waals surface area contributed by atoms with Gasteiger partial charge < -0.3 is 0 Å². The molecule has 0 heterocycles. The molecule has 0 saturated carbocycles. The molecule has 2 N–H and O–H groups in total. The van der Waals surface area contributed by atoms with Gasteiger partial charge in [0.05, 0.1) is 9.79 Å². The van der Waals surface area contributed by atoms with Crippen LogP contribution in [0.3, 0.4) is 0 Å². The van der Waals surface area contributed by atoms with Crippen LogP contribution in [0.5, 0.6) is 0 Å². The van der Waals surface area contributed by atoms with Crippen molar-refractivity contribution in [1.82, 2.24) is 9.66 Å².